The van der Waals surface area contributed by atoms with E-state index in [1.165, 1.54) is 17.1 Å². The van der Waals surface area contributed by atoms with Crippen molar-refractivity contribution in [1.29, 1.82) is 0 Å². The van der Waals surface area contributed by atoms with Crippen LogP contribution in [0.1, 0.15) is 11.8 Å². The molecular weight excluding hydrogens is 310 g/mol. The van der Waals surface area contributed by atoms with Crippen molar-refractivity contribution in [1.82, 2.24) is 24.5 Å². The zero-order chi connectivity index (χ0) is 16.6. The molecule has 0 radical (unpaired) electrons. The van der Waals surface area contributed by atoms with Crippen molar-refractivity contribution in [2.75, 3.05) is 6.61 Å². The van der Waals surface area contributed by atoms with Crippen LogP contribution < -0.4 is 11.2 Å². The fraction of sp³-hybridized carbons (Fsp3) is 0.500. The van der Waals surface area contributed by atoms with Crippen molar-refractivity contribution in [3.8, 4) is 0 Å². The van der Waals surface area contributed by atoms with Gasteiger partial charge < -0.3 is 20.1 Å². The third-order valence-electron chi connectivity index (χ3n) is 3.64. The molecule has 0 saturated carbocycles. The van der Waals surface area contributed by atoms with Crippen molar-refractivity contribution in [3.63, 3.8) is 0 Å². The average Bonchev–Trinajstić information content (AvgIpc) is 3.12. The van der Waals surface area contributed by atoms with E-state index in [0.717, 1.165) is 4.57 Å². The van der Waals surface area contributed by atoms with Gasteiger partial charge in [-0.15, -0.1) is 5.10 Å². The van der Waals surface area contributed by atoms with Crippen LogP contribution in [0.3, 0.4) is 0 Å². The number of aromatic amines is 1. The second-order valence-electron chi connectivity index (χ2n) is 5.15. The van der Waals surface area contributed by atoms with Crippen LogP contribution in [-0.4, -0.2) is 64.8 Å². The van der Waals surface area contributed by atoms with Gasteiger partial charge in [0.15, 0.2) is 6.23 Å². The van der Waals surface area contributed by atoms with Gasteiger partial charge in [0.1, 0.15) is 18.3 Å². The van der Waals surface area contributed by atoms with Crippen LogP contribution in [0, 0.1) is 0 Å². The predicted octanol–water partition coefficient (Wildman–Crippen LogP) is -3.21. The second-order valence-corrected chi connectivity index (χ2v) is 5.15. The van der Waals surface area contributed by atoms with Crippen molar-refractivity contribution < 1.29 is 20.1 Å². The highest BCUT2D eigenvalue weighted by Gasteiger charge is 2.43. The van der Waals surface area contributed by atoms with Crippen molar-refractivity contribution in [2.45, 2.75) is 31.1 Å². The molecule has 11 heteroatoms. The minimum absolute atomic E-state index is 0.0599. The quantitative estimate of drug-likeness (QED) is 0.458. The molecule has 0 amide bonds. The van der Waals surface area contributed by atoms with E-state index >= 15 is 0 Å². The molecule has 11 nitrogen and oxygen atoms in total. The maximum atomic E-state index is 12.0. The highest BCUT2D eigenvalue weighted by molar-refractivity contribution is 5.06. The van der Waals surface area contributed by atoms with E-state index < -0.39 is 42.4 Å². The van der Waals surface area contributed by atoms with Crippen LogP contribution in [0.25, 0.3) is 0 Å². The van der Waals surface area contributed by atoms with E-state index in [0.29, 0.717) is 0 Å². The highest BCUT2D eigenvalue weighted by atomic mass is 16.6. The van der Waals surface area contributed by atoms with Gasteiger partial charge in [-0.2, -0.15) is 0 Å². The third kappa shape index (κ3) is 2.82. The summed E-state index contributed by atoms with van der Waals surface area (Å²) in [6, 6.07) is 0. The zero-order valence-electron chi connectivity index (χ0n) is 11.8. The van der Waals surface area contributed by atoms with Crippen LogP contribution in [0.2, 0.25) is 0 Å². The lowest BCUT2D eigenvalue weighted by atomic mass is 10.1. The molecule has 4 N–H and O–H groups in total. The Hall–Kier alpha value is -2.34. The molecular formula is C12H15N5O6. The number of H-pyrrole nitrogens is 1. The summed E-state index contributed by atoms with van der Waals surface area (Å²) in [6.07, 6.45) is -0.799. The smallest absolute Gasteiger partial charge is 0.330 e. The molecule has 2 unspecified atom stereocenters. The third-order valence-corrected chi connectivity index (χ3v) is 3.64. The molecule has 23 heavy (non-hydrogen) atoms. The van der Waals surface area contributed by atoms with Gasteiger partial charge in [-0.1, -0.05) is 5.21 Å². The lowest BCUT2D eigenvalue weighted by molar-refractivity contribution is -0.0551. The number of rotatable bonds is 4. The minimum atomic E-state index is -1.42. The Kier molecular flexibility index (Phi) is 4.09. The second kappa shape index (κ2) is 6.04. The Bertz CT molecular complexity index is 784. The van der Waals surface area contributed by atoms with E-state index in [-0.39, 0.29) is 12.1 Å². The summed E-state index contributed by atoms with van der Waals surface area (Å²) in [5.74, 6) is 0. The molecule has 1 fully saturated rings. The Morgan fingerprint density at radius 2 is 2.09 bits per heavy atom. The molecule has 1 aliphatic rings. The average molecular weight is 325 g/mol. The van der Waals surface area contributed by atoms with Gasteiger partial charge in [-0.25, -0.2) is 9.48 Å². The SMILES string of the molecule is O=c1[nH]c(=O)n([C@H]2O[C@@H](CO)C(O)C2O)cc1Cn1ccnn1. The van der Waals surface area contributed by atoms with Gasteiger partial charge in [0.2, 0.25) is 0 Å². The highest BCUT2D eigenvalue weighted by Crippen LogP contribution is 2.27. The first-order chi connectivity index (χ1) is 11.0. The lowest BCUT2D eigenvalue weighted by Gasteiger charge is -2.17. The molecule has 0 aliphatic carbocycles. The first-order valence-electron chi connectivity index (χ1n) is 6.82. The number of ether oxygens (including phenoxy) is 1. The van der Waals surface area contributed by atoms with Gasteiger partial charge in [0.25, 0.3) is 5.56 Å². The van der Waals surface area contributed by atoms with Crippen LogP contribution in [0.5, 0.6) is 0 Å². The summed E-state index contributed by atoms with van der Waals surface area (Å²) >= 11 is 0. The van der Waals surface area contributed by atoms with Crippen molar-refractivity contribution in [2.24, 2.45) is 0 Å². The maximum absolute atomic E-state index is 12.0. The first-order valence-corrected chi connectivity index (χ1v) is 6.82. The van der Waals surface area contributed by atoms with Crippen molar-refractivity contribution >= 4 is 0 Å². The molecule has 1 aliphatic heterocycles. The fourth-order valence-corrected chi connectivity index (χ4v) is 2.43. The Labute approximate surface area is 128 Å². The topological polar surface area (TPSA) is 155 Å². The zero-order valence-corrected chi connectivity index (χ0v) is 11.8. The van der Waals surface area contributed by atoms with E-state index in [2.05, 4.69) is 15.3 Å². The number of aliphatic hydroxyl groups excluding tert-OH is 3. The molecule has 124 valence electrons. The van der Waals surface area contributed by atoms with Gasteiger partial charge in [0.05, 0.1) is 24.9 Å². The number of aromatic nitrogens is 5. The van der Waals surface area contributed by atoms with Crippen LogP contribution in [0.4, 0.5) is 0 Å². The lowest BCUT2D eigenvalue weighted by Crippen LogP contribution is -2.39. The molecule has 3 rings (SSSR count). The largest absolute Gasteiger partial charge is 0.394 e. The molecule has 3 heterocycles. The molecule has 4 atom stereocenters. The van der Waals surface area contributed by atoms with E-state index in [1.54, 1.807) is 6.20 Å². The Morgan fingerprint density at radius 1 is 1.30 bits per heavy atom. The first kappa shape index (κ1) is 15.6. The summed E-state index contributed by atoms with van der Waals surface area (Å²) in [5, 5.41) is 36.2. The molecule has 1 saturated heterocycles. The summed E-state index contributed by atoms with van der Waals surface area (Å²) in [7, 11) is 0. The molecule has 0 bridgehead atoms. The minimum Gasteiger partial charge on any atom is -0.394 e. The number of hydrogen-bond acceptors (Lipinski definition) is 8. The number of nitrogens with one attached hydrogen (secondary N) is 1. The number of nitrogens with zero attached hydrogens (tertiary/aromatic N) is 4. The van der Waals surface area contributed by atoms with E-state index in [9.17, 15) is 19.8 Å². The Morgan fingerprint density at radius 3 is 2.70 bits per heavy atom. The van der Waals surface area contributed by atoms with E-state index in [4.69, 9.17) is 9.84 Å². The molecule has 0 aromatic carbocycles. The molecule has 0 spiro atoms. The Balaban J connectivity index is 1.96. The van der Waals surface area contributed by atoms with Crippen LogP contribution in [-0.2, 0) is 11.3 Å². The summed E-state index contributed by atoms with van der Waals surface area (Å²) in [5.41, 5.74) is -1.21. The van der Waals surface area contributed by atoms with E-state index in [1.807, 2.05) is 0 Å². The summed E-state index contributed by atoms with van der Waals surface area (Å²) < 4.78 is 7.64. The number of aliphatic hydroxyl groups is 3. The monoisotopic (exact) mass is 325 g/mol. The molecule has 2 aromatic heterocycles. The van der Waals surface area contributed by atoms with Gasteiger partial charge in [0, 0.05) is 12.4 Å². The fourth-order valence-electron chi connectivity index (χ4n) is 2.43. The van der Waals surface area contributed by atoms with Crippen LogP contribution >= 0.6 is 0 Å². The van der Waals surface area contributed by atoms with Gasteiger partial charge in [-0.05, 0) is 0 Å². The van der Waals surface area contributed by atoms with Gasteiger partial charge >= 0.3 is 5.69 Å². The number of hydrogen-bond donors (Lipinski definition) is 4. The molecule has 2 aromatic rings. The summed E-state index contributed by atoms with van der Waals surface area (Å²) in [6.45, 7) is -0.455. The predicted molar refractivity (Wildman–Crippen MR) is 73.5 cm³/mol. The standard InChI is InChI=1S/C12H15N5O6/c18-5-7-8(19)9(20)11(23-7)17-4-6(10(21)14-12(17)22)3-16-2-1-13-15-16/h1-2,4,7-9,11,18-20H,3,5H2,(H,14,21,22)/t7-,8?,9?,11-/m0/s1. The normalized spacial score (nSPS) is 27.4. The van der Waals surface area contributed by atoms with Gasteiger partial charge in [-0.3, -0.25) is 14.3 Å². The van der Waals surface area contributed by atoms with Crippen LogP contribution in [0.15, 0.2) is 28.2 Å². The summed E-state index contributed by atoms with van der Waals surface area (Å²) in [4.78, 5) is 26.0. The van der Waals surface area contributed by atoms with Crippen molar-refractivity contribution in [3.05, 3.63) is 45.0 Å². The maximum Gasteiger partial charge on any atom is 0.330 e.